The number of methoxy groups -OCH3 is 1. The van der Waals surface area contributed by atoms with Crippen LogP contribution in [0.4, 0.5) is 0 Å². The monoisotopic (exact) mass is 254 g/mol. The molecule has 1 aliphatic heterocycles. The summed E-state index contributed by atoms with van der Waals surface area (Å²) in [5.41, 5.74) is 0. The topological polar surface area (TPSA) is 50.4 Å². The Labute approximate surface area is 110 Å². The van der Waals surface area contributed by atoms with Crippen LogP contribution in [0.3, 0.4) is 0 Å². The van der Waals surface area contributed by atoms with Crippen molar-refractivity contribution in [2.45, 2.75) is 57.7 Å². The van der Waals surface area contributed by atoms with Gasteiger partial charge in [-0.3, -0.25) is 4.79 Å². The van der Waals surface area contributed by atoms with Crippen molar-refractivity contribution in [3.8, 4) is 0 Å². The maximum Gasteiger partial charge on any atom is 0.237 e. The minimum absolute atomic E-state index is 0.0652. The first-order valence-corrected chi connectivity index (χ1v) is 7.16. The average molecular weight is 254 g/mol. The third kappa shape index (κ3) is 3.23. The van der Waals surface area contributed by atoms with Gasteiger partial charge in [0.25, 0.3) is 0 Å². The van der Waals surface area contributed by atoms with E-state index in [1.807, 2.05) is 0 Å². The molecule has 0 aromatic rings. The van der Waals surface area contributed by atoms with Gasteiger partial charge in [0.1, 0.15) is 0 Å². The van der Waals surface area contributed by atoms with Crippen LogP contribution in [0.1, 0.15) is 39.5 Å². The fraction of sp³-hybridized carbons (Fsp3) is 0.929. The van der Waals surface area contributed by atoms with E-state index < -0.39 is 0 Å². The molecule has 1 saturated carbocycles. The van der Waals surface area contributed by atoms with Gasteiger partial charge in [0.05, 0.1) is 12.1 Å². The van der Waals surface area contributed by atoms with Crippen molar-refractivity contribution < 1.29 is 9.53 Å². The van der Waals surface area contributed by atoms with Gasteiger partial charge in [0.2, 0.25) is 5.91 Å². The lowest BCUT2D eigenvalue weighted by Crippen LogP contribution is -2.47. The van der Waals surface area contributed by atoms with Crippen molar-refractivity contribution in [3.63, 3.8) is 0 Å². The second kappa shape index (κ2) is 6.02. The molecule has 0 aromatic heterocycles. The Bertz CT molecular complexity index is 296. The minimum Gasteiger partial charge on any atom is -0.380 e. The molecule has 2 N–H and O–H groups in total. The van der Waals surface area contributed by atoms with Crippen molar-refractivity contribution in [2.75, 3.05) is 13.7 Å². The lowest BCUT2D eigenvalue weighted by molar-refractivity contribution is -0.124. The number of amides is 1. The molecular formula is C14H26N2O2. The number of ether oxygens (including phenoxy) is 1. The van der Waals surface area contributed by atoms with Crippen LogP contribution >= 0.6 is 0 Å². The Morgan fingerprint density at radius 1 is 1.22 bits per heavy atom. The fourth-order valence-corrected chi connectivity index (χ4v) is 3.06. The molecule has 0 spiro atoms. The van der Waals surface area contributed by atoms with E-state index in [9.17, 15) is 4.79 Å². The largest absolute Gasteiger partial charge is 0.380 e. The lowest BCUT2D eigenvalue weighted by Gasteiger charge is -2.33. The van der Waals surface area contributed by atoms with Gasteiger partial charge < -0.3 is 15.4 Å². The van der Waals surface area contributed by atoms with Crippen LogP contribution in [0.15, 0.2) is 0 Å². The van der Waals surface area contributed by atoms with Crippen molar-refractivity contribution in [2.24, 2.45) is 11.8 Å². The predicted molar refractivity (Wildman–Crippen MR) is 71.3 cm³/mol. The number of nitrogens with one attached hydrogen (secondary N) is 2. The summed E-state index contributed by atoms with van der Waals surface area (Å²) in [4.78, 5) is 12.1. The van der Waals surface area contributed by atoms with Gasteiger partial charge in [-0.1, -0.05) is 13.8 Å². The molecule has 0 aromatic carbocycles. The van der Waals surface area contributed by atoms with Crippen LogP contribution in [-0.4, -0.2) is 37.7 Å². The quantitative estimate of drug-likeness (QED) is 0.798. The number of carbonyl (C=O) groups excluding carboxylic acids is 1. The summed E-state index contributed by atoms with van der Waals surface area (Å²) in [6.07, 6.45) is 4.45. The van der Waals surface area contributed by atoms with Gasteiger partial charge in [0.15, 0.2) is 0 Å². The second-order valence-corrected chi connectivity index (χ2v) is 6.03. The molecule has 1 aliphatic carbocycles. The summed E-state index contributed by atoms with van der Waals surface area (Å²) in [5, 5.41) is 6.43. The van der Waals surface area contributed by atoms with E-state index in [1.54, 1.807) is 7.11 Å². The smallest absolute Gasteiger partial charge is 0.237 e. The van der Waals surface area contributed by atoms with Crippen molar-refractivity contribution in [1.29, 1.82) is 0 Å². The Balaban J connectivity index is 1.78. The highest BCUT2D eigenvalue weighted by molar-refractivity contribution is 5.82. The summed E-state index contributed by atoms with van der Waals surface area (Å²) in [5.74, 6) is 1.66. The molecule has 0 bridgehead atoms. The summed E-state index contributed by atoms with van der Waals surface area (Å²) in [7, 11) is 1.71. The van der Waals surface area contributed by atoms with Gasteiger partial charge in [-0.15, -0.1) is 0 Å². The highest BCUT2D eigenvalue weighted by atomic mass is 16.5. The van der Waals surface area contributed by atoms with E-state index in [2.05, 4.69) is 24.5 Å². The molecule has 2 rings (SSSR count). The molecule has 0 radical (unpaired) electrons. The van der Waals surface area contributed by atoms with Crippen LogP contribution in [-0.2, 0) is 9.53 Å². The molecule has 4 nitrogen and oxygen atoms in total. The number of hydrogen-bond donors (Lipinski definition) is 2. The first-order valence-electron chi connectivity index (χ1n) is 7.16. The van der Waals surface area contributed by atoms with Crippen molar-refractivity contribution in [1.82, 2.24) is 10.6 Å². The third-order valence-electron chi connectivity index (χ3n) is 4.68. The summed E-state index contributed by atoms with van der Waals surface area (Å²) < 4.78 is 5.27. The average Bonchev–Trinajstić information content (AvgIpc) is 2.82. The van der Waals surface area contributed by atoms with Gasteiger partial charge in [-0.05, 0) is 37.5 Å². The van der Waals surface area contributed by atoms with Gasteiger partial charge in [-0.2, -0.15) is 0 Å². The molecular weight excluding hydrogens is 228 g/mol. The lowest BCUT2D eigenvalue weighted by atomic mass is 9.79. The SMILES string of the molecule is COC1CNC(C(=O)NC2CCC(C)C(C)C2)C1. The predicted octanol–water partition coefficient (Wildman–Crippen LogP) is 1.30. The van der Waals surface area contributed by atoms with E-state index in [-0.39, 0.29) is 18.1 Å². The summed E-state index contributed by atoms with van der Waals surface area (Å²) in [6.45, 7) is 5.38. The molecule has 1 heterocycles. The highest BCUT2D eigenvalue weighted by Crippen LogP contribution is 2.29. The first kappa shape index (κ1) is 13.8. The van der Waals surface area contributed by atoms with Gasteiger partial charge in [0, 0.05) is 19.7 Å². The zero-order valence-electron chi connectivity index (χ0n) is 11.7. The Kier molecular flexibility index (Phi) is 4.62. The Morgan fingerprint density at radius 3 is 2.61 bits per heavy atom. The van der Waals surface area contributed by atoms with E-state index in [0.29, 0.717) is 12.0 Å². The molecule has 2 fully saturated rings. The van der Waals surface area contributed by atoms with Crippen LogP contribution in [0, 0.1) is 11.8 Å². The van der Waals surface area contributed by atoms with E-state index in [0.717, 1.165) is 31.7 Å². The van der Waals surface area contributed by atoms with Crippen molar-refractivity contribution >= 4 is 5.91 Å². The minimum atomic E-state index is -0.0652. The normalized spacial score (nSPS) is 40.7. The van der Waals surface area contributed by atoms with E-state index in [1.165, 1.54) is 6.42 Å². The first-order chi connectivity index (χ1) is 8.60. The maximum absolute atomic E-state index is 12.1. The Hall–Kier alpha value is -0.610. The van der Waals surface area contributed by atoms with Crippen LogP contribution in [0.2, 0.25) is 0 Å². The number of hydrogen-bond acceptors (Lipinski definition) is 3. The fourth-order valence-electron chi connectivity index (χ4n) is 3.06. The van der Waals surface area contributed by atoms with Crippen molar-refractivity contribution in [3.05, 3.63) is 0 Å². The third-order valence-corrected chi connectivity index (χ3v) is 4.68. The zero-order valence-corrected chi connectivity index (χ0v) is 11.7. The second-order valence-electron chi connectivity index (χ2n) is 6.03. The van der Waals surface area contributed by atoms with E-state index >= 15 is 0 Å². The van der Waals surface area contributed by atoms with Crippen LogP contribution < -0.4 is 10.6 Å². The molecule has 2 aliphatic rings. The molecule has 4 heteroatoms. The van der Waals surface area contributed by atoms with Crippen LogP contribution in [0.25, 0.3) is 0 Å². The molecule has 5 atom stereocenters. The summed E-state index contributed by atoms with van der Waals surface area (Å²) >= 11 is 0. The number of rotatable bonds is 3. The van der Waals surface area contributed by atoms with Gasteiger partial charge in [-0.25, -0.2) is 0 Å². The standard InChI is InChI=1S/C14H26N2O2/c1-9-4-5-11(6-10(9)2)16-14(17)13-7-12(18-3)8-15-13/h9-13,15H,4-8H2,1-3H3,(H,16,17). The highest BCUT2D eigenvalue weighted by Gasteiger charge is 2.32. The summed E-state index contributed by atoms with van der Waals surface area (Å²) in [6, 6.07) is 0.303. The van der Waals surface area contributed by atoms with E-state index in [4.69, 9.17) is 4.74 Å². The Morgan fingerprint density at radius 2 is 2.00 bits per heavy atom. The molecule has 1 saturated heterocycles. The maximum atomic E-state index is 12.1. The molecule has 104 valence electrons. The molecule has 5 unspecified atom stereocenters. The van der Waals surface area contributed by atoms with Gasteiger partial charge >= 0.3 is 0 Å². The van der Waals surface area contributed by atoms with Crippen LogP contribution in [0.5, 0.6) is 0 Å². The molecule has 1 amide bonds. The molecule has 18 heavy (non-hydrogen) atoms. The number of carbonyl (C=O) groups is 1. The zero-order chi connectivity index (χ0) is 13.1.